The van der Waals surface area contributed by atoms with Gasteiger partial charge in [0.1, 0.15) is 0 Å². The summed E-state index contributed by atoms with van der Waals surface area (Å²) in [7, 11) is 0. The second-order valence-corrected chi connectivity index (χ2v) is 3.71. The maximum absolute atomic E-state index is 10.5. The number of hydrogen-bond donors (Lipinski definition) is 0. The molecule has 0 atom stereocenters. The van der Waals surface area contributed by atoms with Gasteiger partial charge in [-0.15, -0.1) is 0 Å². The molecule has 0 radical (unpaired) electrons. The summed E-state index contributed by atoms with van der Waals surface area (Å²) in [6, 6.07) is 3.25. The van der Waals surface area contributed by atoms with Gasteiger partial charge in [-0.3, -0.25) is 9.88 Å². The average Bonchev–Trinajstić information content (AvgIpc) is 2.31. The van der Waals surface area contributed by atoms with Gasteiger partial charge in [0.2, 0.25) is 0 Å². The Morgan fingerprint density at radius 2 is 2.12 bits per heavy atom. The number of hydrogen-bond acceptors (Lipinski definition) is 5. The van der Waals surface area contributed by atoms with Crippen LogP contribution in [0.4, 0.5) is 0 Å². The van der Waals surface area contributed by atoms with E-state index in [0.29, 0.717) is 0 Å². The molecule has 1 saturated heterocycles. The maximum atomic E-state index is 10.5. The second kappa shape index (κ2) is 6.77. The van der Waals surface area contributed by atoms with Crippen LogP contribution in [-0.4, -0.2) is 42.2 Å². The standard InChI is InChI=1S/C11H14N2O3.Li/c14-11(15)9-1-2-10(12-7-9)8-13-3-5-16-6-4-13;/h1-2,7H,3-6,8H2,(H,14,15);/q;+1/p-1. The zero-order chi connectivity index (χ0) is 11.4. The van der Waals surface area contributed by atoms with Gasteiger partial charge in [0, 0.05) is 31.4 Å². The zero-order valence-electron chi connectivity index (χ0n) is 9.89. The topological polar surface area (TPSA) is 65.5 Å². The first-order valence-electron chi connectivity index (χ1n) is 5.22. The Balaban J connectivity index is 0.00000144. The molecule has 1 fully saturated rings. The minimum Gasteiger partial charge on any atom is -0.545 e. The first-order chi connectivity index (χ1) is 7.75. The smallest absolute Gasteiger partial charge is 0.545 e. The number of morpholine rings is 1. The third-order valence-electron chi connectivity index (χ3n) is 2.55. The minimum atomic E-state index is -1.19. The van der Waals surface area contributed by atoms with Crippen LogP contribution in [0.25, 0.3) is 0 Å². The number of carboxylic acids is 1. The van der Waals surface area contributed by atoms with Crippen LogP contribution >= 0.6 is 0 Å². The molecule has 6 heteroatoms. The normalized spacial score (nSPS) is 16.2. The number of pyridine rings is 1. The summed E-state index contributed by atoms with van der Waals surface area (Å²) in [5.41, 5.74) is 0.984. The predicted molar refractivity (Wildman–Crippen MR) is 54.7 cm³/mol. The quantitative estimate of drug-likeness (QED) is 0.498. The van der Waals surface area contributed by atoms with Crippen LogP contribution in [0.2, 0.25) is 0 Å². The number of rotatable bonds is 3. The second-order valence-electron chi connectivity index (χ2n) is 3.71. The molecule has 1 aliphatic heterocycles. The summed E-state index contributed by atoms with van der Waals surface area (Å²) in [5.74, 6) is -1.19. The van der Waals surface area contributed by atoms with E-state index in [-0.39, 0.29) is 24.4 Å². The molecule has 0 aromatic carbocycles. The fourth-order valence-corrected chi connectivity index (χ4v) is 1.63. The van der Waals surface area contributed by atoms with Crippen molar-refractivity contribution in [1.82, 2.24) is 9.88 Å². The summed E-state index contributed by atoms with van der Waals surface area (Å²) >= 11 is 0. The molecule has 1 aromatic heterocycles. The number of ether oxygens (including phenoxy) is 1. The van der Waals surface area contributed by atoms with Crippen LogP contribution in [0, 0.1) is 0 Å². The van der Waals surface area contributed by atoms with E-state index in [1.807, 2.05) is 0 Å². The van der Waals surface area contributed by atoms with E-state index < -0.39 is 5.97 Å². The predicted octanol–water partition coefficient (Wildman–Crippen LogP) is -3.72. The number of aromatic nitrogens is 1. The first-order valence-corrected chi connectivity index (χ1v) is 5.22. The Bertz CT molecular complexity index is 363. The van der Waals surface area contributed by atoms with Crippen molar-refractivity contribution in [1.29, 1.82) is 0 Å². The summed E-state index contributed by atoms with van der Waals surface area (Å²) in [5, 5.41) is 10.5. The van der Waals surface area contributed by atoms with Gasteiger partial charge in [-0.2, -0.15) is 0 Å². The molecule has 17 heavy (non-hydrogen) atoms. The van der Waals surface area contributed by atoms with E-state index in [4.69, 9.17) is 4.74 Å². The van der Waals surface area contributed by atoms with E-state index in [9.17, 15) is 9.90 Å². The van der Waals surface area contributed by atoms with E-state index in [2.05, 4.69) is 9.88 Å². The molecule has 0 amide bonds. The Hall–Kier alpha value is -0.863. The van der Waals surface area contributed by atoms with Crippen molar-refractivity contribution in [3.05, 3.63) is 29.6 Å². The molecule has 0 aliphatic carbocycles. The van der Waals surface area contributed by atoms with Crippen molar-refractivity contribution in [2.75, 3.05) is 26.3 Å². The fraction of sp³-hybridized carbons (Fsp3) is 0.455. The van der Waals surface area contributed by atoms with Crippen LogP contribution in [-0.2, 0) is 11.3 Å². The van der Waals surface area contributed by atoms with Crippen molar-refractivity contribution in [3.8, 4) is 0 Å². The molecule has 86 valence electrons. The van der Waals surface area contributed by atoms with Crippen LogP contribution in [0.1, 0.15) is 16.1 Å². The largest absolute Gasteiger partial charge is 1.00 e. The van der Waals surface area contributed by atoms with Gasteiger partial charge >= 0.3 is 18.9 Å². The van der Waals surface area contributed by atoms with Gasteiger partial charge in [-0.05, 0) is 12.1 Å². The van der Waals surface area contributed by atoms with Crippen LogP contribution in [0.15, 0.2) is 18.3 Å². The van der Waals surface area contributed by atoms with Crippen molar-refractivity contribution in [3.63, 3.8) is 0 Å². The van der Waals surface area contributed by atoms with Crippen molar-refractivity contribution >= 4 is 5.97 Å². The van der Waals surface area contributed by atoms with Gasteiger partial charge < -0.3 is 14.6 Å². The summed E-state index contributed by atoms with van der Waals surface area (Å²) in [6.07, 6.45) is 1.34. The van der Waals surface area contributed by atoms with Crippen molar-refractivity contribution in [2.45, 2.75) is 6.54 Å². The van der Waals surface area contributed by atoms with E-state index >= 15 is 0 Å². The SMILES string of the molecule is O=C([O-])c1ccc(CN2CCOCC2)nc1.[Li+]. The molecular weight excluding hydrogens is 215 g/mol. The van der Waals surface area contributed by atoms with Crippen molar-refractivity contribution in [2.24, 2.45) is 0 Å². The molecule has 5 nitrogen and oxygen atoms in total. The number of carbonyl (C=O) groups is 1. The number of aromatic carboxylic acids is 1. The molecule has 0 N–H and O–H groups in total. The molecular formula is C11H13LiN2O3. The fourth-order valence-electron chi connectivity index (χ4n) is 1.63. The molecule has 2 heterocycles. The van der Waals surface area contributed by atoms with Gasteiger partial charge in [0.25, 0.3) is 0 Å². The van der Waals surface area contributed by atoms with Gasteiger partial charge in [-0.1, -0.05) is 0 Å². The summed E-state index contributed by atoms with van der Waals surface area (Å²) in [4.78, 5) is 16.8. The molecule has 1 aliphatic rings. The minimum absolute atomic E-state index is 0. The first kappa shape index (κ1) is 14.2. The Morgan fingerprint density at radius 1 is 1.41 bits per heavy atom. The molecule has 0 saturated carbocycles. The van der Waals surface area contributed by atoms with Crippen LogP contribution in [0.3, 0.4) is 0 Å². The summed E-state index contributed by atoms with van der Waals surface area (Å²) < 4.78 is 5.24. The number of carboxylic acid groups (broad SMARTS) is 1. The molecule has 1 aromatic rings. The Labute approximate surface area is 112 Å². The van der Waals surface area contributed by atoms with Gasteiger partial charge in [-0.25, -0.2) is 0 Å². The zero-order valence-corrected chi connectivity index (χ0v) is 9.89. The number of carbonyl (C=O) groups excluding carboxylic acids is 1. The molecule has 0 spiro atoms. The van der Waals surface area contributed by atoms with Gasteiger partial charge in [0.05, 0.1) is 24.9 Å². The third kappa shape index (κ3) is 4.13. The van der Waals surface area contributed by atoms with Crippen LogP contribution < -0.4 is 24.0 Å². The van der Waals surface area contributed by atoms with Crippen molar-refractivity contribution < 1.29 is 33.5 Å². The Kier molecular flexibility index (Phi) is 5.66. The third-order valence-corrected chi connectivity index (χ3v) is 2.55. The van der Waals surface area contributed by atoms with E-state index in [0.717, 1.165) is 38.5 Å². The summed E-state index contributed by atoms with van der Waals surface area (Å²) in [6.45, 7) is 4.01. The number of nitrogens with zero attached hydrogens (tertiary/aromatic N) is 2. The average molecular weight is 228 g/mol. The van der Waals surface area contributed by atoms with E-state index in [1.54, 1.807) is 6.07 Å². The molecule has 0 unspecified atom stereocenters. The van der Waals surface area contributed by atoms with Gasteiger partial charge in [0.15, 0.2) is 0 Å². The Morgan fingerprint density at radius 3 is 2.65 bits per heavy atom. The molecule has 2 rings (SSSR count). The molecule has 0 bridgehead atoms. The monoisotopic (exact) mass is 228 g/mol. The van der Waals surface area contributed by atoms with Crippen LogP contribution in [0.5, 0.6) is 0 Å². The van der Waals surface area contributed by atoms with E-state index in [1.165, 1.54) is 12.3 Å². The maximum Gasteiger partial charge on any atom is 1.00 e.